The third kappa shape index (κ3) is 5.47. The Hall–Kier alpha value is -0.610. The zero-order valence-electron chi connectivity index (χ0n) is 10.8. The molecule has 1 aliphatic heterocycles. The Balaban J connectivity index is 2.04. The van der Waals surface area contributed by atoms with E-state index in [0.717, 1.165) is 39.3 Å². The van der Waals surface area contributed by atoms with Crippen LogP contribution in [-0.2, 0) is 4.79 Å². The summed E-state index contributed by atoms with van der Waals surface area (Å²) in [5.74, 6) is 0.632. The molecule has 0 bridgehead atoms. The van der Waals surface area contributed by atoms with Gasteiger partial charge in [-0.3, -0.25) is 9.69 Å². The van der Waals surface area contributed by atoms with Crippen LogP contribution in [0.3, 0.4) is 0 Å². The summed E-state index contributed by atoms with van der Waals surface area (Å²) < 4.78 is 0. The van der Waals surface area contributed by atoms with E-state index in [0.29, 0.717) is 12.3 Å². The maximum absolute atomic E-state index is 11.4. The summed E-state index contributed by atoms with van der Waals surface area (Å²) in [6, 6.07) is 0. The molecular weight excluding hydrogens is 202 g/mol. The zero-order chi connectivity index (χ0) is 12.0. The second-order valence-corrected chi connectivity index (χ2v) is 5.09. The Morgan fingerprint density at radius 3 is 2.44 bits per heavy atom. The Labute approximate surface area is 99.0 Å². The van der Waals surface area contributed by atoms with E-state index in [2.05, 4.69) is 36.0 Å². The van der Waals surface area contributed by atoms with Crippen molar-refractivity contribution in [1.82, 2.24) is 15.1 Å². The summed E-state index contributed by atoms with van der Waals surface area (Å²) in [7, 11) is 2.15. The van der Waals surface area contributed by atoms with E-state index < -0.39 is 0 Å². The van der Waals surface area contributed by atoms with Gasteiger partial charge in [-0.1, -0.05) is 13.8 Å². The van der Waals surface area contributed by atoms with E-state index >= 15 is 0 Å². The molecule has 1 N–H and O–H groups in total. The number of hydrogen-bond donors (Lipinski definition) is 1. The van der Waals surface area contributed by atoms with Crippen molar-refractivity contribution in [3.05, 3.63) is 0 Å². The summed E-state index contributed by atoms with van der Waals surface area (Å²) in [6.45, 7) is 10.4. The molecule has 0 unspecified atom stereocenters. The molecule has 4 nitrogen and oxygen atoms in total. The molecule has 0 saturated carbocycles. The first-order valence-corrected chi connectivity index (χ1v) is 6.25. The SMILES string of the molecule is CC(C)CC(=O)NCCN1CCN(C)CC1. The fourth-order valence-corrected chi connectivity index (χ4v) is 1.87. The van der Waals surface area contributed by atoms with Gasteiger partial charge in [0.1, 0.15) is 0 Å². The Morgan fingerprint density at radius 1 is 1.25 bits per heavy atom. The van der Waals surface area contributed by atoms with E-state index in [9.17, 15) is 4.79 Å². The first-order chi connectivity index (χ1) is 7.58. The molecule has 1 heterocycles. The quantitative estimate of drug-likeness (QED) is 0.738. The van der Waals surface area contributed by atoms with E-state index in [-0.39, 0.29) is 5.91 Å². The van der Waals surface area contributed by atoms with Crippen molar-refractivity contribution >= 4 is 5.91 Å². The molecule has 0 radical (unpaired) electrons. The Morgan fingerprint density at radius 2 is 1.88 bits per heavy atom. The summed E-state index contributed by atoms with van der Waals surface area (Å²) >= 11 is 0. The number of carbonyl (C=O) groups excluding carboxylic acids is 1. The third-order valence-electron chi connectivity index (χ3n) is 2.94. The molecule has 0 atom stereocenters. The second kappa shape index (κ2) is 6.86. The van der Waals surface area contributed by atoms with Crippen LogP contribution in [0.25, 0.3) is 0 Å². The highest BCUT2D eigenvalue weighted by Gasteiger charge is 2.13. The van der Waals surface area contributed by atoms with Crippen molar-refractivity contribution in [2.75, 3.05) is 46.3 Å². The first kappa shape index (κ1) is 13.5. The Kier molecular flexibility index (Phi) is 5.77. The summed E-state index contributed by atoms with van der Waals surface area (Å²) in [5.41, 5.74) is 0. The van der Waals surface area contributed by atoms with Crippen LogP contribution in [0.2, 0.25) is 0 Å². The van der Waals surface area contributed by atoms with Crippen molar-refractivity contribution in [2.24, 2.45) is 5.92 Å². The maximum Gasteiger partial charge on any atom is 0.220 e. The van der Waals surface area contributed by atoms with Gasteiger partial charge in [0.05, 0.1) is 0 Å². The van der Waals surface area contributed by atoms with Gasteiger partial charge < -0.3 is 10.2 Å². The number of carbonyl (C=O) groups is 1. The molecule has 94 valence electrons. The lowest BCUT2D eigenvalue weighted by molar-refractivity contribution is -0.121. The van der Waals surface area contributed by atoms with E-state index in [4.69, 9.17) is 0 Å². The minimum Gasteiger partial charge on any atom is -0.355 e. The fourth-order valence-electron chi connectivity index (χ4n) is 1.87. The molecule has 1 saturated heterocycles. The molecule has 0 aromatic rings. The van der Waals surface area contributed by atoms with Gasteiger partial charge in [0.15, 0.2) is 0 Å². The van der Waals surface area contributed by atoms with E-state index in [1.807, 2.05) is 0 Å². The molecular formula is C12H25N3O. The fraction of sp³-hybridized carbons (Fsp3) is 0.917. The van der Waals surface area contributed by atoms with Gasteiger partial charge in [-0.15, -0.1) is 0 Å². The number of nitrogens with zero attached hydrogens (tertiary/aromatic N) is 2. The van der Waals surface area contributed by atoms with Crippen molar-refractivity contribution in [3.8, 4) is 0 Å². The lowest BCUT2D eigenvalue weighted by Crippen LogP contribution is -2.46. The molecule has 1 fully saturated rings. The van der Waals surface area contributed by atoms with Crippen LogP contribution >= 0.6 is 0 Å². The molecule has 1 amide bonds. The zero-order valence-corrected chi connectivity index (χ0v) is 10.8. The van der Waals surface area contributed by atoms with E-state index in [1.54, 1.807) is 0 Å². The third-order valence-corrected chi connectivity index (χ3v) is 2.94. The van der Waals surface area contributed by atoms with Crippen molar-refractivity contribution in [3.63, 3.8) is 0 Å². The average molecular weight is 227 g/mol. The topological polar surface area (TPSA) is 35.6 Å². The summed E-state index contributed by atoms with van der Waals surface area (Å²) in [4.78, 5) is 16.2. The number of rotatable bonds is 5. The molecule has 4 heteroatoms. The smallest absolute Gasteiger partial charge is 0.220 e. The maximum atomic E-state index is 11.4. The number of nitrogens with one attached hydrogen (secondary N) is 1. The molecule has 0 aromatic carbocycles. The van der Waals surface area contributed by atoms with Crippen molar-refractivity contribution in [1.29, 1.82) is 0 Å². The van der Waals surface area contributed by atoms with Crippen LogP contribution in [0, 0.1) is 5.92 Å². The van der Waals surface area contributed by atoms with Crippen LogP contribution in [0.5, 0.6) is 0 Å². The van der Waals surface area contributed by atoms with Gasteiger partial charge in [0, 0.05) is 45.7 Å². The van der Waals surface area contributed by atoms with Gasteiger partial charge >= 0.3 is 0 Å². The molecule has 1 rings (SSSR count). The molecule has 0 spiro atoms. The molecule has 1 aliphatic rings. The minimum atomic E-state index is 0.184. The van der Waals surface area contributed by atoms with E-state index in [1.165, 1.54) is 0 Å². The van der Waals surface area contributed by atoms with Gasteiger partial charge in [-0.2, -0.15) is 0 Å². The normalized spacial score (nSPS) is 19.0. The van der Waals surface area contributed by atoms with Crippen LogP contribution < -0.4 is 5.32 Å². The number of amides is 1. The largest absolute Gasteiger partial charge is 0.355 e. The van der Waals surface area contributed by atoms with Crippen LogP contribution in [0.1, 0.15) is 20.3 Å². The number of hydrogen-bond acceptors (Lipinski definition) is 3. The van der Waals surface area contributed by atoms with Crippen molar-refractivity contribution < 1.29 is 4.79 Å². The van der Waals surface area contributed by atoms with Gasteiger partial charge in [-0.05, 0) is 13.0 Å². The van der Waals surface area contributed by atoms with Crippen LogP contribution in [0.15, 0.2) is 0 Å². The first-order valence-electron chi connectivity index (χ1n) is 6.25. The molecule has 16 heavy (non-hydrogen) atoms. The van der Waals surface area contributed by atoms with Crippen molar-refractivity contribution in [2.45, 2.75) is 20.3 Å². The van der Waals surface area contributed by atoms with Gasteiger partial charge in [-0.25, -0.2) is 0 Å². The van der Waals surface area contributed by atoms with Crippen LogP contribution in [-0.4, -0.2) is 62.0 Å². The summed E-state index contributed by atoms with van der Waals surface area (Å²) in [6.07, 6.45) is 0.642. The summed E-state index contributed by atoms with van der Waals surface area (Å²) in [5, 5.41) is 2.98. The lowest BCUT2D eigenvalue weighted by Gasteiger charge is -2.32. The minimum absolute atomic E-state index is 0.184. The predicted molar refractivity (Wildman–Crippen MR) is 66.4 cm³/mol. The van der Waals surface area contributed by atoms with Crippen LogP contribution in [0.4, 0.5) is 0 Å². The average Bonchev–Trinajstić information content (AvgIpc) is 2.20. The highest BCUT2D eigenvalue weighted by Crippen LogP contribution is 1.99. The molecule has 0 aromatic heterocycles. The number of likely N-dealkylation sites (N-methyl/N-ethyl adjacent to an activating group) is 1. The van der Waals surface area contributed by atoms with Gasteiger partial charge in [0.25, 0.3) is 0 Å². The van der Waals surface area contributed by atoms with Gasteiger partial charge in [0.2, 0.25) is 5.91 Å². The number of piperazine rings is 1. The standard InChI is InChI=1S/C12H25N3O/c1-11(2)10-12(16)13-4-5-15-8-6-14(3)7-9-15/h11H,4-10H2,1-3H3,(H,13,16). The highest BCUT2D eigenvalue weighted by molar-refractivity contribution is 5.75. The predicted octanol–water partition coefficient (Wildman–Crippen LogP) is 0.396. The molecule has 0 aliphatic carbocycles. The highest BCUT2D eigenvalue weighted by atomic mass is 16.1. The monoisotopic (exact) mass is 227 g/mol. The Bertz CT molecular complexity index is 210. The lowest BCUT2D eigenvalue weighted by atomic mass is 10.1. The second-order valence-electron chi connectivity index (χ2n) is 5.09.